The number of para-hydroxylation sites is 1. The first-order chi connectivity index (χ1) is 13.0. The summed E-state index contributed by atoms with van der Waals surface area (Å²) in [5.74, 6) is 1.10. The Morgan fingerprint density at radius 2 is 2.11 bits per heavy atom. The number of aromatic nitrogens is 2. The SMILES string of the molecule is Cc1cc(NC(=O)CN2C(=O)NC3(CCSC3)C2=O)n(-c2ccccc2)n1. The standard InChI is InChI=1S/C18H19N5O3S/c1-12-9-14(23(21-12)13-5-3-2-4-6-13)19-15(24)10-22-16(25)18(20-17(22)26)7-8-27-11-18/h2-6,9H,7-8,10-11H2,1H3,(H,19,24)(H,20,26). The van der Waals surface area contributed by atoms with Gasteiger partial charge in [-0.1, -0.05) is 18.2 Å². The highest BCUT2D eigenvalue weighted by atomic mass is 32.2. The summed E-state index contributed by atoms with van der Waals surface area (Å²) >= 11 is 1.63. The maximum atomic E-state index is 12.7. The van der Waals surface area contributed by atoms with Gasteiger partial charge in [0.15, 0.2) is 0 Å². The number of aryl methyl sites for hydroxylation is 1. The summed E-state index contributed by atoms with van der Waals surface area (Å²) in [5.41, 5.74) is 0.702. The van der Waals surface area contributed by atoms with Crippen LogP contribution in [0.25, 0.3) is 5.69 Å². The molecule has 0 radical (unpaired) electrons. The lowest BCUT2D eigenvalue weighted by Crippen LogP contribution is -2.47. The molecule has 9 heteroatoms. The van der Waals surface area contributed by atoms with E-state index in [9.17, 15) is 14.4 Å². The van der Waals surface area contributed by atoms with Gasteiger partial charge in [-0.25, -0.2) is 9.48 Å². The van der Waals surface area contributed by atoms with Crippen molar-refractivity contribution in [3.05, 3.63) is 42.1 Å². The Morgan fingerprint density at radius 1 is 1.33 bits per heavy atom. The van der Waals surface area contributed by atoms with E-state index in [1.165, 1.54) is 0 Å². The lowest BCUT2D eigenvalue weighted by Gasteiger charge is -2.19. The number of hydrogen-bond acceptors (Lipinski definition) is 5. The molecule has 2 fully saturated rings. The fourth-order valence-electron chi connectivity index (χ4n) is 3.33. The van der Waals surface area contributed by atoms with Gasteiger partial charge in [0.25, 0.3) is 5.91 Å². The molecule has 1 spiro atoms. The summed E-state index contributed by atoms with van der Waals surface area (Å²) < 4.78 is 1.62. The molecule has 2 aromatic rings. The van der Waals surface area contributed by atoms with Gasteiger partial charge in [0.1, 0.15) is 17.9 Å². The van der Waals surface area contributed by atoms with Gasteiger partial charge in [0.2, 0.25) is 5.91 Å². The number of nitrogens with zero attached hydrogens (tertiary/aromatic N) is 3. The molecule has 140 valence electrons. The van der Waals surface area contributed by atoms with Gasteiger partial charge in [0.05, 0.1) is 11.4 Å². The van der Waals surface area contributed by atoms with E-state index < -0.39 is 17.5 Å². The molecule has 1 unspecified atom stereocenters. The third-order valence-electron chi connectivity index (χ3n) is 4.67. The molecule has 1 aromatic carbocycles. The van der Waals surface area contributed by atoms with Crippen molar-refractivity contribution in [1.82, 2.24) is 20.0 Å². The number of rotatable bonds is 4. The lowest BCUT2D eigenvalue weighted by atomic mass is 9.99. The number of carbonyl (C=O) groups excluding carboxylic acids is 3. The monoisotopic (exact) mass is 385 g/mol. The van der Waals surface area contributed by atoms with Crippen molar-refractivity contribution >= 4 is 35.4 Å². The van der Waals surface area contributed by atoms with E-state index in [1.807, 2.05) is 37.3 Å². The number of urea groups is 1. The van der Waals surface area contributed by atoms with Crippen LogP contribution in [-0.4, -0.2) is 56.1 Å². The van der Waals surface area contributed by atoms with Gasteiger partial charge in [-0.05, 0) is 31.2 Å². The van der Waals surface area contributed by atoms with Gasteiger partial charge in [-0.2, -0.15) is 16.9 Å². The van der Waals surface area contributed by atoms with E-state index in [1.54, 1.807) is 22.5 Å². The van der Waals surface area contributed by atoms with Crippen molar-refractivity contribution in [3.63, 3.8) is 0 Å². The number of hydrogen-bond donors (Lipinski definition) is 2. The van der Waals surface area contributed by atoms with E-state index in [-0.39, 0.29) is 12.5 Å². The fraction of sp³-hybridized carbons (Fsp3) is 0.333. The maximum absolute atomic E-state index is 12.7. The third-order valence-corrected chi connectivity index (χ3v) is 5.86. The van der Waals surface area contributed by atoms with Crippen molar-refractivity contribution in [2.75, 3.05) is 23.4 Å². The van der Waals surface area contributed by atoms with Crippen LogP contribution in [0.15, 0.2) is 36.4 Å². The highest BCUT2D eigenvalue weighted by molar-refractivity contribution is 7.99. The third kappa shape index (κ3) is 3.18. The number of imide groups is 1. The minimum absolute atomic E-state index is 0.319. The maximum Gasteiger partial charge on any atom is 0.325 e. The molecule has 0 saturated carbocycles. The van der Waals surface area contributed by atoms with Crippen LogP contribution in [0.3, 0.4) is 0 Å². The number of thioether (sulfide) groups is 1. The Labute approximate surface area is 160 Å². The molecule has 4 amide bonds. The second-order valence-corrected chi connectivity index (χ2v) is 7.78. The van der Waals surface area contributed by atoms with Crippen molar-refractivity contribution < 1.29 is 14.4 Å². The van der Waals surface area contributed by atoms with E-state index in [4.69, 9.17) is 0 Å². The quantitative estimate of drug-likeness (QED) is 0.779. The molecule has 1 aromatic heterocycles. The summed E-state index contributed by atoms with van der Waals surface area (Å²) in [6, 6.07) is 10.6. The number of amides is 4. The van der Waals surface area contributed by atoms with Gasteiger partial charge in [0, 0.05) is 11.8 Å². The minimum atomic E-state index is -0.843. The Bertz CT molecular complexity index is 905. The molecule has 8 nitrogen and oxygen atoms in total. The van der Waals surface area contributed by atoms with E-state index in [2.05, 4.69) is 15.7 Å². The van der Waals surface area contributed by atoms with E-state index in [0.29, 0.717) is 18.0 Å². The van der Waals surface area contributed by atoms with Gasteiger partial charge in [-0.3, -0.25) is 14.5 Å². The molecule has 0 aliphatic carbocycles. The van der Waals surface area contributed by atoms with Crippen molar-refractivity contribution in [2.45, 2.75) is 18.9 Å². The van der Waals surface area contributed by atoms with E-state index >= 15 is 0 Å². The topological polar surface area (TPSA) is 96.3 Å². The zero-order valence-corrected chi connectivity index (χ0v) is 15.6. The molecule has 27 heavy (non-hydrogen) atoms. The minimum Gasteiger partial charge on any atom is -0.322 e. The molecule has 0 bridgehead atoms. The summed E-state index contributed by atoms with van der Waals surface area (Å²) in [5, 5.41) is 9.91. The first-order valence-electron chi connectivity index (χ1n) is 8.62. The first kappa shape index (κ1) is 17.6. The Hall–Kier alpha value is -2.81. The van der Waals surface area contributed by atoms with Crippen LogP contribution in [0, 0.1) is 6.92 Å². The zero-order chi connectivity index (χ0) is 19.0. The number of carbonyl (C=O) groups is 3. The number of benzene rings is 1. The van der Waals surface area contributed by atoms with Gasteiger partial charge >= 0.3 is 6.03 Å². The molecule has 2 aliphatic heterocycles. The molecule has 2 N–H and O–H groups in total. The van der Waals surface area contributed by atoms with Crippen LogP contribution in [0.5, 0.6) is 0 Å². The molecular formula is C18H19N5O3S. The Kier molecular flexibility index (Phi) is 4.39. The molecule has 2 aliphatic rings. The van der Waals surface area contributed by atoms with Crippen LogP contribution in [0.4, 0.5) is 10.6 Å². The average molecular weight is 385 g/mol. The highest BCUT2D eigenvalue weighted by Crippen LogP contribution is 2.33. The molecule has 4 rings (SSSR count). The first-order valence-corrected chi connectivity index (χ1v) is 9.78. The van der Waals surface area contributed by atoms with Gasteiger partial charge in [-0.15, -0.1) is 0 Å². The van der Waals surface area contributed by atoms with Crippen LogP contribution in [-0.2, 0) is 9.59 Å². The average Bonchev–Trinajstić information content (AvgIpc) is 3.32. The summed E-state index contributed by atoms with van der Waals surface area (Å²) in [6.07, 6.45) is 0.598. The predicted molar refractivity (Wildman–Crippen MR) is 102 cm³/mol. The number of nitrogens with one attached hydrogen (secondary N) is 2. The summed E-state index contributed by atoms with van der Waals surface area (Å²) in [4.78, 5) is 38.4. The second-order valence-electron chi connectivity index (χ2n) is 6.67. The number of anilines is 1. The molecule has 1 atom stereocenters. The molecular weight excluding hydrogens is 366 g/mol. The fourth-order valence-corrected chi connectivity index (χ4v) is 4.66. The predicted octanol–water partition coefficient (Wildman–Crippen LogP) is 1.55. The second kappa shape index (κ2) is 6.73. The van der Waals surface area contributed by atoms with Crippen LogP contribution < -0.4 is 10.6 Å². The smallest absolute Gasteiger partial charge is 0.322 e. The normalized spacial score (nSPS) is 21.7. The van der Waals surface area contributed by atoms with E-state index in [0.717, 1.165) is 22.0 Å². The lowest BCUT2D eigenvalue weighted by molar-refractivity contribution is -0.133. The summed E-state index contributed by atoms with van der Waals surface area (Å²) in [6.45, 7) is 1.50. The Morgan fingerprint density at radius 3 is 2.81 bits per heavy atom. The molecule has 3 heterocycles. The Balaban J connectivity index is 1.49. The van der Waals surface area contributed by atoms with Crippen molar-refractivity contribution in [3.8, 4) is 5.69 Å². The highest BCUT2D eigenvalue weighted by Gasteiger charge is 2.53. The van der Waals surface area contributed by atoms with Crippen molar-refractivity contribution in [1.29, 1.82) is 0 Å². The van der Waals surface area contributed by atoms with Crippen LogP contribution >= 0.6 is 11.8 Å². The summed E-state index contributed by atoms with van der Waals surface area (Å²) in [7, 11) is 0. The molecule has 2 saturated heterocycles. The largest absolute Gasteiger partial charge is 0.325 e. The van der Waals surface area contributed by atoms with Gasteiger partial charge < -0.3 is 10.6 Å². The van der Waals surface area contributed by atoms with Crippen LogP contribution in [0.1, 0.15) is 12.1 Å². The van der Waals surface area contributed by atoms with Crippen LogP contribution in [0.2, 0.25) is 0 Å². The zero-order valence-electron chi connectivity index (χ0n) is 14.8. The van der Waals surface area contributed by atoms with Crippen molar-refractivity contribution in [2.24, 2.45) is 0 Å².